The summed E-state index contributed by atoms with van der Waals surface area (Å²) >= 11 is 0. The van der Waals surface area contributed by atoms with E-state index in [1.165, 1.54) is 0 Å². The minimum atomic E-state index is -1.10. The minimum Gasteiger partial charge on any atom is -0.547 e. The van der Waals surface area contributed by atoms with E-state index in [4.69, 9.17) is 23.7 Å². The zero-order chi connectivity index (χ0) is 43.5. The maximum Gasteiger partial charge on any atom is 5.00 e. The molecule has 0 N–H and O–H groups in total. The van der Waals surface area contributed by atoms with E-state index in [0.29, 0.717) is 65.1 Å². The Hall–Kier alpha value is -2.11. The monoisotopic (exact) mass is 976 g/mol. The van der Waals surface area contributed by atoms with Crippen molar-refractivity contribution in [3.8, 4) is 0 Å². The molecule has 0 radical (unpaired) electrons. The first kappa shape index (κ1) is 65.7. The zero-order valence-corrected chi connectivity index (χ0v) is 39.3. The Morgan fingerprint density at radius 2 is 0.446 bits per heavy atom. The average Bonchev–Trinajstić information content (AvgIpc) is 3.14. The van der Waals surface area contributed by atoms with Crippen molar-refractivity contribution in [1.29, 1.82) is 0 Å². The van der Waals surface area contributed by atoms with Crippen LogP contribution in [0.3, 0.4) is 0 Å². The van der Waals surface area contributed by atoms with Gasteiger partial charge in [-0.05, 0) is 66.7 Å². The van der Waals surface area contributed by atoms with Crippen LogP contribution in [0.1, 0.15) is 166 Å². The number of carboxylic acid groups (broad SMARTS) is 5. The van der Waals surface area contributed by atoms with Gasteiger partial charge in [-0.2, -0.15) is 0 Å². The van der Waals surface area contributed by atoms with E-state index >= 15 is 0 Å². The van der Waals surface area contributed by atoms with E-state index in [-0.39, 0.29) is 22.4 Å². The predicted octanol–water partition coefficient (Wildman–Crippen LogP) is 1.66. The molecule has 0 spiro atoms. The Labute approximate surface area is 353 Å². The van der Waals surface area contributed by atoms with Crippen molar-refractivity contribution in [2.45, 2.75) is 196 Å². The second-order valence-electron chi connectivity index (χ2n) is 12.0. The van der Waals surface area contributed by atoms with Gasteiger partial charge in [-0.15, -0.1) is 0 Å². The summed E-state index contributed by atoms with van der Waals surface area (Å²) in [5.74, 6) is -5.48. The van der Waals surface area contributed by atoms with Crippen LogP contribution in [0, 0.1) is 0 Å². The maximum atomic E-state index is 10.4. The van der Waals surface area contributed by atoms with Crippen LogP contribution in [0.4, 0.5) is 0 Å². The second-order valence-corrected chi connectivity index (χ2v) is 12.0. The van der Waals surface area contributed by atoms with Crippen LogP contribution >= 0.6 is 0 Å². The minimum absolute atomic E-state index is 0. The van der Waals surface area contributed by atoms with E-state index in [2.05, 4.69) is 0 Å². The van der Waals surface area contributed by atoms with Gasteiger partial charge >= 0.3 is 22.4 Å². The van der Waals surface area contributed by atoms with Gasteiger partial charge in [-0.25, -0.2) is 0 Å². The molecule has 0 amide bonds. The summed E-state index contributed by atoms with van der Waals surface area (Å²) in [7, 11) is 0. The molecule has 0 heterocycles. The standard InChI is InChI=1S/5C8H16O3.Ta/c5*1-3-5-6-7(8(9)10)11-4-2;/h5*7H,3-6H2,1-2H3,(H,9,10);/q;;;;;+5/p-5. The van der Waals surface area contributed by atoms with Crippen LogP contribution in [0.25, 0.3) is 0 Å². The van der Waals surface area contributed by atoms with E-state index in [0.717, 1.165) is 64.2 Å². The number of hydrogen-bond acceptors (Lipinski definition) is 15. The molecule has 0 saturated carbocycles. The number of carbonyl (C=O) groups excluding carboxylic acids is 5. The maximum absolute atomic E-state index is 10.4. The summed E-state index contributed by atoms with van der Waals surface area (Å²) < 4.78 is 24.7. The molecule has 0 bridgehead atoms. The van der Waals surface area contributed by atoms with Crippen LogP contribution in [-0.4, -0.2) is 93.4 Å². The number of ether oxygens (including phenoxy) is 5. The van der Waals surface area contributed by atoms with Crippen LogP contribution in [0.2, 0.25) is 0 Å². The van der Waals surface area contributed by atoms with E-state index in [1.807, 2.05) is 34.6 Å². The Kier molecular flexibility index (Phi) is 59.8. The van der Waals surface area contributed by atoms with Gasteiger partial charge < -0.3 is 73.2 Å². The average molecular weight is 977 g/mol. The Balaban J connectivity index is -0.000000139. The molecule has 0 aromatic carbocycles. The molecule has 0 fully saturated rings. The molecule has 0 saturated heterocycles. The summed E-state index contributed by atoms with van der Waals surface area (Å²) in [4.78, 5) is 51.8. The van der Waals surface area contributed by atoms with Gasteiger partial charge in [0.25, 0.3) is 0 Å². The number of hydrogen-bond donors (Lipinski definition) is 0. The largest absolute Gasteiger partial charge is 5.00 e. The molecular weight excluding hydrogens is 901 g/mol. The number of carboxylic acids is 5. The van der Waals surface area contributed by atoms with Crippen LogP contribution < -0.4 is 25.5 Å². The van der Waals surface area contributed by atoms with Crippen LogP contribution in [-0.2, 0) is 70.0 Å². The summed E-state index contributed by atoms with van der Waals surface area (Å²) in [5.41, 5.74) is 0. The fourth-order valence-electron chi connectivity index (χ4n) is 4.30. The number of rotatable bonds is 30. The van der Waals surface area contributed by atoms with Gasteiger partial charge in [0.05, 0.1) is 60.4 Å². The van der Waals surface area contributed by atoms with Crippen molar-refractivity contribution < 1.29 is 95.6 Å². The van der Waals surface area contributed by atoms with Gasteiger partial charge in [0.2, 0.25) is 0 Å². The molecule has 5 unspecified atom stereocenters. The van der Waals surface area contributed by atoms with Crippen molar-refractivity contribution >= 4 is 29.8 Å². The third-order valence-electron chi connectivity index (χ3n) is 7.25. The molecule has 0 aliphatic heterocycles. The van der Waals surface area contributed by atoms with E-state index in [1.54, 1.807) is 34.6 Å². The van der Waals surface area contributed by atoms with Crippen molar-refractivity contribution in [2.75, 3.05) is 33.0 Å². The summed E-state index contributed by atoms with van der Waals surface area (Å²) in [6.07, 6.45) is 8.55. The number of aliphatic carboxylic acids is 5. The number of carbonyl (C=O) groups is 5. The van der Waals surface area contributed by atoms with Gasteiger partial charge in [0, 0.05) is 33.0 Å². The summed E-state index contributed by atoms with van der Waals surface area (Å²) in [6.45, 7) is 21.1. The molecule has 56 heavy (non-hydrogen) atoms. The topological polar surface area (TPSA) is 247 Å². The van der Waals surface area contributed by atoms with Gasteiger partial charge in [0.1, 0.15) is 0 Å². The quantitative estimate of drug-likeness (QED) is 0.0994. The first-order valence-electron chi connectivity index (χ1n) is 20.2. The van der Waals surface area contributed by atoms with Crippen molar-refractivity contribution in [3.05, 3.63) is 0 Å². The first-order chi connectivity index (χ1) is 26.1. The van der Waals surface area contributed by atoms with Crippen molar-refractivity contribution in [2.24, 2.45) is 0 Å². The fourth-order valence-corrected chi connectivity index (χ4v) is 4.30. The van der Waals surface area contributed by atoms with Crippen LogP contribution in [0.15, 0.2) is 0 Å². The first-order valence-corrected chi connectivity index (χ1v) is 20.2. The van der Waals surface area contributed by atoms with Gasteiger partial charge in [0.15, 0.2) is 0 Å². The van der Waals surface area contributed by atoms with Crippen molar-refractivity contribution in [3.63, 3.8) is 0 Å². The molecule has 0 rings (SSSR count). The van der Waals surface area contributed by atoms with Gasteiger partial charge in [-0.1, -0.05) is 98.8 Å². The Bertz CT molecular complexity index is 729. The molecule has 0 aromatic rings. The van der Waals surface area contributed by atoms with Gasteiger partial charge in [-0.3, -0.25) is 0 Å². The normalized spacial score (nSPS) is 12.7. The SMILES string of the molecule is CCCCC(OCC)C(=O)[O-].CCCCC(OCC)C(=O)[O-].CCCCC(OCC)C(=O)[O-].CCCCC(OCC)C(=O)[O-].CCCCC(OCC)C(=O)[O-].[Ta+5]. The Morgan fingerprint density at radius 3 is 0.518 bits per heavy atom. The molecule has 0 aliphatic rings. The predicted molar refractivity (Wildman–Crippen MR) is 200 cm³/mol. The Morgan fingerprint density at radius 1 is 0.321 bits per heavy atom. The molecule has 0 aliphatic carbocycles. The summed E-state index contributed by atoms with van der Waals surface area (Å²) in [5, 5.41) is 51.8. The second kappa shape index (κ2) is 50.9. The third-order valence-corrected chi connectivity index (χ3v) is 7.25. The van der Waals surface area contributed by atoms with E-state index < -0.39 is 60.4 Å². The van der Waals surface area contributed by atoms with Crippen molar-refractivity contribution in [1.82, 2.24) is 0 Å². The molecule has 15 nitrogen and oxygen atoms in total. The van der Waals surface area contributed by atoms with E-state index in [9.17, 15) is 49.5 Å². The molecule has 16 heteroatoms. The smallest absolute Gasteiger partial charge is 0.547 e. The molecule has 5 atom stereocenters. The zero-order valence-electron chi connectivity index (χ0n) is 36.1. The summed E-state index contributed by atoms with van der Waals surface area (Å²) in [6, 6.07) is 0. The number of unbranched alkanes of at least 4 members (excludes halogenated alkanes) is 5. The molecular formula is C40H75O15Ta. The molecule has 0 aromatic heterocycles. The fraction of sp³-hybridized carbons (Fsp3) is 0.875. The third kappa shape index (κ3) is 48.0. The molecule has 330 valence electrons. The van der Waals surface area contributed by atoms with Crippen LogP contribution in [0.5, 0.6) is 0 Å².